The van der Waals surface area contributed by atoms with Crippen LogP contribution in [0.2, 0.25) is 0 Å². The molecule has 112 valence electrons. The van der Waals surface area contributed by atoms with Gasteiger partial charge in [0.05, 0.1) is 15.1 Å². The van der Waals surface area contributed by atoms with Crippen LogP contribution in [0.5, 0.6) is 0 Å². The van der Waals surface area contributed by atoms with E-state index in [1.165, 1.54) is 24.3 Å². The lowest BCUT2D eigenvalue weighted by molar-refractivity contribution is 0.579. The summed E-state index contributed by atoms with van der Waals surface area (Å²) in [5.74, 6) is 3.34. The van der Waals surface area contributed by atoms with Crippen LogP contribution in [0.3, 0.4) is 0 Å². The van der Waals surface area contributed by atoms with Crippen molar-refractivity contribution in [3.05, 3.63) is 52.5 Å². The maximum atomic E-state index is 13.6. The molecule has 0 aliphatic carbocycles. The molecule has 21 heavy (non-hydrogen) atoms. The zero-order valence-corrected chi connectivity index (χ0v) is 12.8. The van der Waals surface area contributed by atoms with Crippen molar-refractivity contribution in [2.24, 2.45) is 5.84 Å². The molecule has 0 fully saturated rings. The number of nitrogens with one attached hydrogen (secondary N) is 2. The third-order valence-corrected chi connectivity index (χ3v) is 4.57. The number of hydrazine groups is 1. The Balaban J connectivity index is 2.34. The van der Waals surface area contributed by atoms with Crippen LogP contribution in [0.25, 0.3) is 0 Å². The lowest BCUT2D eigenvalue weighted by Gasteiger charge is -2.10. The highest BCUT2D eigenvalue weighted by atomic mass is 79.9. The third kappa shape index (κ3) is 3.49. The topological polar surface area (TPSA) is 84.2 Å². The standard InChI is InChI=1S/C12H10BrF2N3O2S/c13-9-5-12(11(15)6-10(9)14)18-21(19,20)8-3-1-7(17-16)2-4-8/h1-6,17-18H,16H2. The predicted molar refractivity (Wildman–Crippen MR) is 79.1 cm³/mol. The number of benzene rings is 2. The monoisotopic (exact) mass is 377 g/mol. The van der Waals surface area contributed by atoms with Crippen LogP contribution < -0.4 is 16.0 Å². The molecule has 0 aromatic heterocycles. The zero-order chi connectivity index (χ0) is 15.6. The van der Waals surface area contributed by atoms with Crippen molar-refractivity contribution < 1.29 is 17.2 Å². The molecule has 0 amide bonds. The van der Waals surface area contributed by atoms with Gasteiger partial charge in [0.25, 0.3) is 10.0 Å². The average Bonchev–Trinajstić information content (AvgIpc) is 2.44. The van der Waals surface area contributed by atoms with E-state index >= 15 is 0 Å². The number of sulfonamides is 1. The molecule has 4 N–H and O–H groups in total. The number of hydrogen-bond donors (Lipinski definition) is 3. The fourth-order valence-electron chi connectivity index (χ4n) is 1.53. The highest BCUT2D eigenvalue weighted by molar-refractivity contribution is 9.10. The van der Waals surface area contributed by atoms with Crippen molar-refractivity contribution in [2.75, 3.05) is 10.1 Å². The molecule has 0 spiro atoms. The smallest absolute Gasteiger partial charge is 0.261 e. The summed E-state index contributed by atoms with van der Waals surface area (Å²) >= 11 is 2.86. The van der Waals surface area contributed by atoms with Crippen LogP contribution in [0, 0.1) is 11.6 Å². The minimum Gasteiger partial charge on any atom is -0.324 e. The molecule has 0 saturated heterocycles. The maximum absolute atomic E-state index is 13.6. The average molecular weight is 378 g/mol. The van der Waals surface area contributed by atoms with Crippen LogP contribution in [0.4, 0.5) is 20.2 Å². The maximum Gasteiger partial charge on any atom is 0.261 e. The summed E-state index contributed by atoms with van der Waals surface area (Å²) < 4.78 is 52.9. The second-order valence-corrected chi connectivity index (χ2v) is 6.56. The van der Waals surface area contributed by atoms with Gasteiger partial charge in [-0.2, -0.15) is 0 Å². The van der Waals surface area contributed by atoms with Crippen molar-refractivity contribution in [3.63, 3.8) is 0 Å². The van der Waals surface area contributed by atoms with E-state index in [1.807, 2.05) is 0 Å². The fourth-order valence-corrected chi connectivity index (χ4v) is 2.94. The van der Waals surface area contributed by atoms with Crippen LogP contribution in [-0.4, -0.2) is 8.42 Å². The lowest BCUT2D eigenvalue weighted by atomic mass is 10.3. The first-order chi connectivity index (χ1) is 9.83. The van der Waals surface area contributed by atoms with Crippen molar-refractivity contribution in [1.82, 2.24) is 0 Å². The molecule has 0 saturated carbocycles. The van der Waals surface area contributed by atoms with E-state index in [2.05, 4.69) is 26.1 Å². The minimum absolute atomic E-state index is 0.0516. The first-order valence-electron chi connectivity index (χ1n) is 5.57. The minimum atomic E-state index is -3.99. The Morgan fingerprint density at radius 2 is 1.67 bits per heavy atom. The van der Waals surface area contributed by atoms with Gasteiger partial charge in [-0.05, 0) is 46.3 Å². The number of rotatable bonds is 4. The number of nitrogen functional groups attached to an aromatic ring is 1. The van der Waals surface area contributed by atoms with Crippen molar-refractivity contribution in [2.45, 2.75) is 4.90 Å². The summed E-state index contributed by atoms with van der Waals surface area (Å²) in [5, 5.41) is 0. The van der Waals surface area contributed by atoms with Gasteiger partial charge >= 0.3 is 0 Å². The van der Waals surface area contributed by atoms with Gasteiger partial charge in [-0.25, -0.2) is 17.2 Å². The largest absolute Gasteiger partial charge is 0.324 e. The van der Waals surface area contributed by atoms with Gasteiger partial charge in [-0.1, -0.05) is 0 Å². The van der Waals surface area contributed by atoms with Crippen LogP contribution in [0.1, 0.15) is 0 Å². The van der Waals surface area contributed by atoms with Gasteiger partial charge < -0.3 is 5.43 Å². The second kappa shape index (κ2) is 5.96. The van der Waals surface area contributed by atoms with Crippen molar-refractivity contribution in [3.8, 4) is 0 Å². The molecule has 9 heteroatoms. The Kier molecular flexibility index (Phi) is 4.45. The summed E-state index contributed by atoms with van der Waals surface area (Å²) in [5.41, 5.74) is 2.52. The third-order valence-electron chi connectivity index (χ3n) is 2.59. The van der Waals surface area contributed by atoms with Gasteiger partial charge in [0.1, 0.15) is 11.6 Å². The van der Waals surface area contributed by atoms with Crippen LogP contribution >= 0.6 is 15.9 Å². The summed E-state index contributed by atoms with van der Waals surface area (Å²) in [6, 6.07) is 7.10. The highest BCUT2D eigenvalue weighted by Crippen LogP contribution is 2.26. The van der Waals surface area contributed by atoms with E-state index in [0.29, 0.717) is 11.8 Å². The quantitative estimate of drug-likeness (QED) is 0.434. The first kappa shape index (κ1) is 15.7. The molecule has 2 aromatic carbocycles. The van der Waals surface area contributed by atoms with E-state index in [1.54, 1.807) is 0 Å². The molecule has 0 heterocycles. The summed E-state index contributed by atoms with van der Waals surface area (Å²) in [7, 11) is -3.99. The predicted octanol–water partition coefficient (Wildman–Crippen LogP) is 2.81. The number of nitrogens with two attached hydrogens (primary N) is 1. The Labute approximate surface area is 128 Å². The van der Waals surface area contributed by atoms with Gasteiger partial charge in [-0.3, -0.25) is 10.6 Å². The Morgan fingerprint density at radius 3 is 2.24 bits per heavy atom. The Bertz CT molecular complexity index is 767. The zero-order valence-electron chi connectivity index (χ0n) is 10.4. The van der Waals surface area contributed by atoms with E-state index in [9.17, 15) is 17.2 Å². The van der Waals surface area contributed by atoms with Gasteiger partial charge in [0.15, 0.2) is 0 Å². The fraction of sp³-hybridized carbons (Fsp3) is 0. The van der Waals surface area contributed by atoms with E-state index in [-0.39, 0.29) is 15.1 Å². The molecule has 0 unspecified atom stereocenters. The normalized spacial score (nSPS) is 11.2. The van der Waals surface area contributed by atoms with Gasteiger partial charge in [0.2, 0.25) is 0 Å². The molecule has 2 aromatic rings. The summed E-state index contributed by atoms with van der Waals surface area (Å²) in [6.45, 7) is 0. The van der Waals surface area contributed by atoms with E-state index < -0.39 is 21.7 Å². The van der Waals surface area contributed by atoms with Crippen molar-refractivity contribution in [1.29, 1.82) is 0 Å². The lowest BCUT2D eigenvalue weighted by Crippen LogP contribution is -2.14. The van der Waals surface area contributed by atoms with Gasteiger partial charge in [0, 0.05) is 11.8 Å². The van der Waals surface area contributed by atoms with Crippen LogP contribution in [-0.2, 0) is 10.0 Å². The Hall–Kier alpha value is -1.71. The SMILES string of the molecule is NNc1ccc(S(=O)(=O)Nc2cc(Br)c(F)cc2F)cc1. The van der Waals surface area contributed by atoms with E-state index in [0.717, 1.165) is 6.07 Å². The summed E-state index contributed by atoms with van der Waals surface area (Å²) in [6.07, 6.45) is 0. The molecule has 5 nitrogen and oxygen atoms in total. The molecule has 0 radical (unpaired) electrons. The molecule has 0 bridgehead atoms. The second-order valence-electron chi connectivity index (χ2n) is 4.02. The molecule has 2 rings (SSSR count). The number of halogens is 3. The molecular formula is C12H10BrF2N3O2S. The van der Waals surface area contributed by atoms with Gasteiger partial charge in [-0.15, -0.1) is 0 Å². The Morgan fingerprint density at radius 1 is 1.05 bits per heavy atom. The van der Waals surface area contributed by atoms with Crippen molar-refractivity contribution >= 4 is 37.3 Å². The first-order valence-corrected chi connectivity index (χ1v) is 7.85. The number of anilines is 2. The molecule has 0 aliphatic heterocycles. The molecule has 0 atom stereocenters. The highest BCUT2D eigenvalue weighted by Gasteiger charge is 2.17. The van der Waals surface area contributed by atoms with Crippen LogP contribution in [0.15, 0.2) is 45.8 Å². The number of hydrogen-bond acceptors (Lipinski definition) is 4. The van der Waals surface area contributed by atoms with E-state index in [4.69, 9.17) is 5.84 Å². The summed E-state index contributed by atoms with van der Waals surface area (Å²) in [4.78, 5) is -0.0821. The molecule has 0 aliphatic rings. The molecular weight excluding hydrogens is 368 g/mol.